The van der Waals surface area contributed by atoms with Crippen molar-refractivity contribution in [1.82, 2.24) is 15.5 Å². The molecule has 2 saturated heterocycles. The van der Waals surface area contributed by atoms with Gasteiger partial charge in [0.2, 0.25) is 11.8 Å². The molecule has 0 aliphatic carbocycles. The van der Waals surface area contributed by atoms with E-state index in [0.29, 0.717) is 0 Å². The number of likely N-dealkylation sites (tertiary alicyclic amines) is 1. The molecule has 2 unspecified atom stereocenters. The molecule has 2 amide bonds. The average Bonchev–Trinajstić information content (AvgIpc) is 2.84. The fourth-order valence-electron chi connectivity index (χ4n) is 2.49. The van der Waals surface area contributed by atoms with Crippen molar-refractivity contribution in [2.45, 2.75) is 18.6 Å². The highest BCUT2D eigenvalue weighted by Gasteiger charge is 2.64. The van der Waals surface area contributed by atoms with Crippen molar-refractivity contribution in [1.29, 1.82) is 0 Å². The van der Waals surface area contributed by atoms with Gasteiger partial charge in [-0.25, -0.2) is 0 Å². The lowest BCUT2D eigenvalue weighted by Crippen LogP contribution is -2.59. The molecule has 0 spiro atoms. The molecule has 7 nitrogen and oxygen atoms in total. The normalized spacial score (nSPS) is 30.1. The Kier molecular flexibility index (Phi) is 3.83. The summed E-state index contributed by atoms with van der Waals surface area (Å²) in [4.78, 5) is 35.0. The Labute approximate surface area is 117 Å². The Hall–Kier alpha value is -1.84. The van der Waals surface area contributed by atoms with Crippen LogP contribution in [0.15, 0.2) is 0 Å². The molecule has 2 atom stereocenters. The van der Waals surface area contributed by atoms with Gasteiger partial charge in [0.05, 0.1) is 6.54 Å². The van der Waals surface area contributed by atoms with Gasteiger partial charge in [-0.3, -0.25) is 19.7 Å². The molecule has 0 aromatic heterocycles. The van der Waals surface area contributed by atoms with Crippen molar-refractivity contribution in [3.8, 4) is 0 Å². The van der Waals surface area contributed by atoms with Crippen LogP contribution in [0.1, 0.15) is 6.42 Å². The number of piperazine rings is 1. The number of hydrogen-bond donors (Lipinski definition) is 3. The first kappa shape index (κ1) is 15.5. The van der Waals surface area contributed by atoms with Gasteiger partial charge in [-0.15, -0.1) is 0 Å². The summed E-state index contributed by atoms with van der Waals surface area (Å²) in [6.07, 6.45) is -5.60. The van der Waals surface area contributed by atoms with E-state index in [9.17, 15) is 27.6 Å². The molecule has 10 heteroatoms. The number of carboxylic acids is 1. The van der Waals surface area contributed by atoms with Crippen LogP contribution in [0.5, 0.6) is 0 Å². The minimum Gasteiger partial charge on any atom is -0.481 e. The maximum absolute atomic E-state index is 13.0. The van der Waals surface area contributed by atoms with E-state index in [1.54, 1.807) is 0 Å². The zero-order chi connectivity index (χ0) is 15.8. The molecule has 3 N–H and O–H groups in total. The van der Waals surface area contributed by atoms with E-state index in [0.717, 1.165) is 4.90 Å². The predicted octanol–water partition coefficient (Wildman–Crippen LogP) is -1.06. The second-order valence-electron chi connectivity index (χ2n) is 5.13. The topological polar surface area (TPSA) is 98.7 Å². The van der Waals surface area contributed by atoms with Crippen molar-refractivity contribution in [2.24, 2.45) is 5.41 Å². The number of rotatable bonds is 2. The van der Waals surface area contributed by atoms with Crippen LogP contribution in [0.4, 0.5) is 13.2 Å². The SMILES string of the molecule is O=C1CNC(C(=O)N2CCC(C(=O)O)(C(F)(F)F)C2)CN1. The standard InChI is InChI=1S/C11H14F3N3O4/c12-11(13,14)10(9(20)21)1-2-17(5-10)8(19)6-3-16-7(18)4-15-6/h6,15H,1-5H2,(H,16,18)(H,20,21). The van der Waals surface area contributed by atoms with E-state index >= 15 is 0 Å². The number of carboxylic acid groups (broad SMARTS) is 1. The van der Waals surface area contributed by atoms with Gasteiger partial charge in [-0.1, -0.05) is 0 Å². The van der Waals surface area contributed by atoms with E-state index in [4.69, 9.17) is 5.11 Å². The number of carbonyl (C=O) groups is 3. The van der Waals surface area contributed by atoms with Crippen LogP contribution < -0.4 is 10.6 Å². The highest BCUT2D eigenvalue weighted by atomic mass is 19.4. The first-order valence-corrected chi connectivity index (χ1v) is 6.26. The minimum atomic E-state index is -4.93. The largest absolute Gasteiger partial charge is 0.481 e. The monoisotopic (exact) mass is 309 g/mol. The molecule has 21 heavy (non-hydrogen) atoms. The summed E-state index contributed by atoms with van der Waals surface area (Å²) in [5, 5.41) is 13.9. The Morgan fingerprint density at radius 1 is 1.38 bits per heavy atom. The van der Waals surface area contributed by atoms with Crippen LogP contribution in [-0.4, -0.2) is 66.2 Å². The fourth-order valence-corrected chi connectivity index (χ4v) is 2.49. The molecular formula is C11H14F3N3O4. The molecule has 0 aromatic carbocycles. The number of nitrogens with one attached hydrogen (secondary N) is 2. The molecule has 0 bridgehead atoms. The highest BCUT2D eigenvalue weighted by Crippen LogP contribution is 2.45. The molecule has 2 heterocycles. The Balaban J connectivity index is 2.09. The lowest BCUT2D eigenvalue weighted by molar-refractivity contribution is -0.227. The van der Waals surface area contributed by atoms with E-state index in [1.165, 1.54) is 0 Å². The molecule has 0 aromatic rings. The van der Waals surface area contributed by atoms with Gasteiger partial charge in [0.25, 0.3) is 0 Å². The number of halogens is 3. The molecule has 0 saturated carbocycles. The summed E-state index contributed by atoms with van der Waals surface area (Å²) >= 11 is 0. The summed E-state index contributed by atoms with van der Waals surface area (Å²) in [6, 6.07) is -0.833. The van der Waals surface area contributed by atoms with Crippen molar-refractivity contribution in [3.05, 3.63) is 0 Å². The first-order chi connectivity index (χ1) is 9.67. The molecule has 118 valence electrons. The smallest absolute Gasteiger partial charge is 0.406 e. The quantitative estimate of drug-likeness (QED) is 0.604. The number of nitrogens with zero attached hydrogens (tertiary/aromatic N) is 1. The van der Waals surface area contributed by atoms with Crippen LogP contribution in [0.2, 0.25) is 0 Å². The zero-order valence-electron chi connectivity index (χ0n) is 10.9. The lowest BCUT2D eigenvalue weighted by atomic mass is 9.86. The minimum absolute atomic E-state index is 0.0275. The summed E-state index contributed by atoms with van der Waals surface area (Å²) in [5.74, 6) is -2.92. The fraction of sp³-hybridized carbons (Fsp3) is 0.727. The Morgan fingerprint density at radius 3 is 2.48 bits per heavy atom. The molecule has 2 aliphatic rings. The predicted molar refractivity (Wildman–Crippen MR) is 62.1 cm³/mol. The van der Waals surface area contributed by atoms with Crippen LogP contribution in [0.25, 0.3) is 0 Å². The maximum atomic E-state index is 13.0. The van der Waals surface area contributed by atoms with Crippen LogP contribution in [0, 0.1) is 5.41 Å². The maximum Gasteiger partial charge on any atom is 0.406 e. The van der Waals surface area contributed by atoms with Crippen LogP contribution in [0.3, 0.4) is 0 Å². The van der Waals surface area contributed by atoms with Gasteiger partial charge >= 0.3 is 12.1 Å². The number of alkyl halides is 3. The van der Waals surface area contributed by atoms with E-state index < -0.39 is 42.5 Å². The summed E-state index contributed by atoms with van der Waals surface area (Å²) in [6.45, 7) is -1.32. The van der Waals surface area contributed by atoms with E-state index in [2.05, 4.69) is 10.6 Å². The van der Waals surface area contributed by atoms with Gasteiger partial charge in [-0.05, 0) is 6.42 Å². The van der Waals surface area contributed by atoms with Gasteiger partial charge in [0.1, 0.15) is 6.04 Å². The number of aliphatic carboxylic acids is 1. The molecule has 2 aliphatic heterocycles. The van der Waals surface area contributed by atoms with Crippen LogP contribution in [-0.2, 0) is 14.4 Å². The lowest BCUT2D eigenvalue weighted by Gasteiger charge is -2.30. The van der Waals surface area contributed by atoms with Gasteiger partial charge in [0.15, 0.2) is 5.41 Å². The van der Waals surface area contributed by atoms with Crippen molar-refractivity contribution < 1.29 is 32.7 Å². The number of hydrogen-bond acceptors (Lipinski definition) is 4. The van der Waals surface area contributed by atoms with Crippen molar-refractivity contribution in [2.75, 3.05) is 26.2 Å². The molecule has 2 fully saturated rings. The van der Waals surface area contributed by atoms with Crippen LogP contribution >= 0.6 is 0 Å². The number of amides is 2. The van der Waals surface area contributed by atoms with Crippen molar-refractivity contribution >= 4 is 17.8 Å². The Bertz CT molecular complexity index is 472. The summed E-state index contributed by atoms with van der Waals surface area (Å²) in [7, 11) is 0. The third-order valence-corrected chi connectivity index (χ3v) is 3.84. The Morgan fingerprint density at radius 2 is 2.05 bits per heavy atom. The average molecular weight is 309 g/mol. The van der Waals surface area contributed by atoms with Gasteiger partial charge < -0.3 is 15.3 Å². The molecular weight excluding hydrogens is 295 g/mol. The number of carbonyl (C=O) groups excluding carboxylic acids is 2. The van der Waals surface area contributed by atoms with Gasteiger partial charge in [0, 0.05) is 19.6 Å². The second kappa shape index (κ2) is 5.17. The highest BCUT2D eigenvalue weighted by molar-refractivity contribution is 5.88. The van der Waals surface area contributed by atoms with E-state index in [1.807, 2.05) is 0 Å². The second-order valence-corrected chi connectivity index (χ2v) is 5.13. The third-order valence-electron chi connectivity index (χ3n) is 3.84. The first-order valence-electron chi connectivity index (χ1n) is 6.26. The summed E-state index contributed by atoms with van der Waals surface area (Å²) < 4.78 is 39.0. The summed E-state index contributed by atoms with van der Waals surface area (Å²) in [5.41, 5.74) is -2.92. The molecule has 2 rings (SSSR count). The van der Waals surface area contributed by atoms with Crippen molar-refractivity contribution in [3.63, 3.8) is 0 Å². The van der Waals surface area contributed by atoms with E-state index in [-0.39, 0.29) is 25.5 Å². The third kappa shape index (κ3) is 2.67. The van der Waals surface area contributed by atoms with Gasteiger partial charge in [-0.2, -0.15) is 13.2 Å². The zero-order valence-corrected chi connectivity index (χ0v) is 10.9. The molecule has 0 radical (unpaired) electrons.